The molecule has 0 bridgehead atoms. The van der Waals surface area contributed by atoms with E-state index in [1.54, 1.807) is 24.7 Å². The van der Waals surface area contributed by atoms with Crippen LogP contribution in [0.2, 0.25) is 5.02 Å². The molecule has 4 rings (SSSR count). The molecule has 2 unspecified atom stereocenters. The monoisotopic (exact) mass is 451 g/mol. The minimum absolute atomic E-state index is 0.267. The van der Waals surface area contributed by atoms with Crippen molar-refractivity contribution in [1.82, 2.24) is 14.5 Å². The fourth-order valence-electron chi connectivity index (χ4n) is 4.09. The summed E-state index contributed by atoms with van der Waals surface area (Å²) in [5, 5.41) is 0.267. The number of likely N-dealkylation sites (tertiary alicyclic amines) is 1. The molecular formula is C24H22ClN3O4. The first-order valence-corrected chi connectivity index (χ1v) is 10.6. The van der Waals surface area contributed by atoms with Crippen molar-refractivity contribution < 1.29 is 19.1 Å². The second-order valence-corrected chi connectivity index (χ2v) is 7.97. The third-order valence-corrected chi connectivity index (χ3v) is 5.94. The minimum atomic E-state index is -1.14. The number of amides is 1. The first kappa shape index (κ1) is 21.8. The zero-order chi connectivity index (χ0) is 22.7. The van der Waals surface area contributed by atoms with Gasteiger partial charge in [-0.3, -0.25) is 14.4 Å². The summed E-state index contributed by atoms with van der Waals surface area (Å²) in [6, 6.07) is 13.1. The van der Waals surface area contributed by atoms with Gasteiger partial charge in [-0.15, -0.1) is 0 Å². The van der Waals surface area contributed by atoms with Gasteiger partial charge in [-0.25, -0.2) is 4.98 Å². The molecule has 2 heterocycles. The Labute approximate surface area is 190 Å². The molecule has 1 aliphatic heterocycles. The smallest absolute Gasteiger partial charge is 0.291 e. The van der Waals surface area contributed by atoms with E-state index in [9.17, 15) is 14.4 Å². The maximum Gasteiger partial charge on any atom is 0.291 e. The molecule has 1 saturated heterocycles. The van der Waals surface area contributed by atoms with E-state index >= 15 is 0 Å². The highest BCUT2D eigenvalue weighted by atomic mass is 35.5. The number of aryl methyl sites for hydroxylation is 1. The molecule has 3 aromatic rings. The highest BCUT2D eigenvalue weighted by Crippen LogP contribution is 2.39. The van der Waals surface area contributed by atoms with Crippen molar-refractivity contribution >= 4 is 29.1 Å². The van der Waals surface area contributed by atoms with E-state index in [4.69, 9.17) is 16.3 Å². The van der Waals surface area contributed by atoms with Crippen LogP contribution in [0.25, 0.3) is 0 Å². The van der Waals surface area contributed by atoms with Crippen LogP contribution in [0.1, 0.15) is 28.4 Å². The Morgan fingerprint density at radius 1 is 1.12 bits per heavy atom. The van der Waals surface area contributed by atoms with Gasteiger partial charge >= 0.3 is 0 Å². The number of carbonyl (C=O) groups is 3. The molecular weight excluding hydrogens is 430 g/mol. The lowest BCUT2D eigenvalue weighted by atomic mass is 9.86. The summed E-state index contributed by atoms with van der Waals surface area (Å²) in [4.78, 5) is 44.9. The van der Waals surface area contributed by atoms with E-state index in [-0.39, 0.29) is 10.6 Å². The summed E-state index contributed by atoms with van der Waals surface area (Å²) >= 11 is 6.20. The Kier molecular flexibility index (Phi) is 6.37. The Morgan fingerprint density at radius 3 is 2.56 bits per heavy atom. The number of halogens is 1. The fourth-order valence-corrected chi connectivity index (χ4v) is 4.35. The standard InChI is InChI=1S/C24H22ClN3O4/c1-32-19-9-8-17(14-18(19)25)22(29)20-21(16-6-3-2-4-7-16)28(24(31)23(20)30)12-5-11-27-13-10-26-15-27/h2-4,6-10,13-15,20-21H,5,11-12H2,1H3. The molecule has 0 saturated carbocycles. The molecule has 0 N–H and O–H groups in total. The van der Waals surface area contributed by atoms with Gasteiger partial charge in [-0.1, -0.05) is 41.9 Å². The molecule has 164 valence electrons. The zero-order valence-electron chi connectivity index (χ0n) is 17.5. The highest BCUT2D eigenvalue weighted by Gasteiger charge is 2.51. The van der Waals surface area contributed by atoms with Gasteiger partial charge in [0.05, 0.1) is 24.5 Å². The summed E-state index contributed by atoms with van der Waals surface area (Å²) < 4.78 is 7.05. The van der Waals surface area contributed by atoms with Crippen molar-refractivity contribution in [3.63, 3.8) is 0 Å². The van der Waals surface area contributed by atoms with Crippen LogP contribution in [0.15, 0.2) is 67.3 Å². The van der Waals surface area contributed by atoms with E-state index in [1.807, 2.05) is 41.1 Å². The molecule has 7 nitrogen and oxygen atoms in total. The molecule has 32 heavy (non-hydrogen) atoms. The summed E-state index contributed by atoms with van der Waals surface area (Å²) in [6.45, 7) is 0.988. The number of methoxy groups -OCH3 is 1. The second-order valence-electron chi connectivity index (χ2n) is 7.56. The van der Waals surface area contributed by atoms with Crippen LogP contribution in [0.4, 0.5) is 0 Å². The largest absolute Gasteiger partial charge is 0.495 e. The number of imidazole rings is 1. The number of hydrogen-bond donors (Lipinski definition) is 0. The van der Waals surface area contributed by atoms with Crippen LogP contribution in [-0.2, 0) is 16.1 Å². The SMILES string of the molecule is COc1ccc(C(=O)C2C(=O)C(=O)N(CCCn3ccnc3)C2c2ccccc2)cc1Cl. The van der Waals surface area contributed by atoms with Gasteiger partial charge in [-0.05, 0) is 30.2 Å². The van der Waals surface area contributed by atoms with Crippen molar-refractivity contribution in [1.29, 1.82) is 0 Å². The van der Waals surface area contributed by atoms with E-state index in [0.29, 0.717) is 25.3 Å². The van der Waals surface area contributed by atoms with Gasteiger partial charge in [0.1, 0.15) is 11.7 Å². The second kappa shape index (κ2) is 9.36. The number of carbonyl (C=O) groups excluding carboxylic acids is 3. The maximum atomic E-state index is 13.4. The van der Waals surface area contributed by atoms with Crippen LogP contribution < -0.4 is 4.74 Å². The molecule has 2 aromatic carbocycles. The Bertz CT molecular complexity index is 1130. The molecule has 0 radical (unpaired) electrons. The molecule has 1 aliphatic rings. The van der Waals surface area contributed by atoms with Gasteiger partial charge in [0.2, 0.25) is 5.78 Å². The van der Waals surface area contributed by atoms with Crippen molar-refractivity contribution in [2.75, 3.05) is 13.7 Å². The number of hydrogen-bond acceptors (Lipinski definition) is 5. The Balaban J connectivity index is 1.65. The number of ether oxygens (including phenoxy) is 1. The topological polar surface area (TPSA) is 81.5 Å². The Morgan fingerprint density at radius 2 is 1.91 bits per heavy atom. The summed E-state index contributed by atoms with van der Waals surface area (Å²) in [6.07, 6.45) is 5.84. The number of Topliss-reactive ketones (excluding diaryl/α,β-unsaturated/α-hetero) is 2. The van der Waals surface area contributed by atoms with E-state index in [2.05, 4.69) is 4.98 Å². The maximum absolute atomic E-state index is 13.4. The van der Waals surface area contributed by atoms with E-state index in [1.165, 1.54) is 18.1 Å². The van der Waals surface area contributed by atoms with Crippen molar-refractivity contribution in [3.8, 4) is 5.75 Å². The van der Waals surface area contributed by atoms with Crippen LogP contribution in [0, 0.1) is 5.92 Å². The third-order valence-electron chi connectivity index (χ3n) is 5.64. The van der Waals surface area contributed by atoms with Crippen molar-refractivity contribution in [2.24, 2.45) is 5.92 Å². The van der Waals surface area contributed by atoms with Gasteiger partial charge in [-0.2, -0.15) is 0 Å². The average Bonchev–Trinajstić information content (AvgIpc) is 3.41. The molecule has 2 atom stereocenters. The molecule has 1 amide bonds. The number of benzene rings is 2. The van der Waals surface area contributed by atoms with Crippen molar-refractivity contribution in [2.45, 2.75) is 19.0 Å². The van der Waals surface area contributed by atoms with Crippen LogP contribution in [0.3, 0.4) is 0 Å². The summed E-state index contributed by atoms with van der Waals surface area (Å²) in [7, 11) is 1.48. The molecule has 0 spiro atoms. The molecule has 1 aromatic heterocycles. The number of nitrogens with zero attached hydrogens (tertiary/aromatic N) is 3. The average molecular weight is 452 g/mol. The lowest BCUT2D eigenvalue weighted by molar-refractivity contribution is -0.140. The van der Waals surface area contributed by atoms with Crippen molar-refractivity contribution in [3.05, 3.63) is 83.4 Å². The summed E-state index contributed by atoms with van der Waals surface area (Å²) in [5.41, 5.74) is 1.01. The van der Waals surface area contributed by atoms with Crippen LogP contribution in [-0.4, -0.2) is 45.6 Å². The minimum Gasteiger partial charge on any atom is -0.495 e. The van der Waals surface area contributed by atoms with Gasteiger partial charge in [0.25, 0.3) is 5.91 Å². The van der Waals surface area contributed by atoms with Gasteiger partial charge < -0.3 is 14.2 Å². The predicted molar refractivity (Wildman–Crippen MR) is 119 cm³/mol. The number of ketones is 2. The van der Waals surface area contributed by atoms with Gasteiger partial charge in [0.15, 0.2) is 5.78 Å². The Hall–Kier alpha value is -3.45. The van der Waals surface area contributed by atoms with E-state index in [0.717, 1.165) is 5.56 Å². The molecule has 0 aliphatic carbocycles. The predicted octanol–water partition coefficient (Wildman–Crippen LogP) is 3.59. The normalized spacial score (nSPS) is 18.2. The molecule has 1 fully saturated rings. The lowest BCUT2D eigenvalue weighted by Crippen LogP contribution is -2.32. The third kappa shape index (κ3) is 4.16. The van der Waals surface area contributed by atoms with Crippen LogP contribution >= 0.6 is 11.6 Å². The first-order valence-electron chi connectivity index (χ1n) is 10.2. The lowest BCUT2D eigenvalue weighted by Gasteiger charge is -2.27. The highest BCUT2D eigenvalue weighted by molar-refractivity contribution is 6.44. The first-order chi connectivity index (χ1) is 15.5. The quantitative estimate of drug-likeness (QED) is 0.297. The van der Waals surface area contributed by atoms with E-state index < -0.39 is 29.4 Å². The zero-order valence-corrected chi connectivity index (χ0v) is 18.2. The molecule has 8 heteroatoms. The van der Waals surface area contributed by atoms with Crippen LogP contribution in [0.5, 0.6) is 5.75 Å². The fraction of sp³-hybridized carbons (Fsp3) is 0.250. The number of aromatic nitrogens is 2. The van der Waals surface area contributed by atoms with Gasteiger partial charge in [0, 0.05) is 31.0 Å². The summed E-state index contributed by atoms with van der Waals surface area (Å²) in [5.74, 6) is -2.47. The number of rotatable bonds is 8.